The molecule has 0 heterocycles. The molecule has 16 heavy (non-hydrogen) atoms. The first-order valence-corrected chi connectivity index (χ1v) is 5.02. The SMILES string of the molecule is Oc1c(O)c2ccccc2c2ccc[c]c12. The summed E-state index contributed by atoms with van der Waals surface area (Å²) in [7, 11) is 0. The van der Waals surface area contributed by atoms with E-state index in [4.69, 9.17) is 0 Å². The Morgan fingerprint density at radius 3 is 2.25 bits per heavy atom. The molecule has 3 aromatic rings. The lowest BCUT2D eigenvalue weighted by atomic mass is 10.0. The fraction of sp³-hybridized carbons (Fsp3) is 0. The van der Waals surface area contributed by atoms with Gasteiger partial charge in [-0.1, -0.05) is 42.5 Å². The molecule has 0 aliphatic carbocycles. The second-order valence-electron chi connectivity index (χ2n) is 3.70. The molecule has 0 saturated heterocycles. The summed E-state index contributed by atoms with van der Waals surface area (Å²) in [4.78, 5) is 0. The van der Waals surface area contributed by atoms with Gasteiger partial charge in [-0.2, -0.15) is 0 Å². The van der Waals surface area contributed by atoms with Crippen molar-refractivity contribution in [2.75, 3.05) is 0 Å². The van der Waals surface area contributed by atoms with E-state index in [1.54, 1.807) is 12.1 Å². The van der Waals surface area contributed by atoms with E-state index in [0.29, 0.717) is 10.8 Å². The second kappa shape index (κ2) is 3.14. The average molecular weight is 209 g/mol. The number of hydrogen-bond acceptors (Lipinski definition) is 2. The summed E-state index contributed by atoms with van der Waals surface area (Å²) in [5.41, 5.74) is 0. The predicted molar refractivity (Wildman–Crippen MR) is 63.6 cm³/mol. The summed E-state index contributed by atoms with van der Waals surface area (Å²) in [5, 5.41) is 22.8. The molecule has 77 valence electrons. The van der Waals surface area contributed by atoms with E-state index in [-0.39, 0.29) is 11.5 Å². The number of rotatable bonds is 0. The molecule has 2 N–H and O–H groups in total. The Kier molecular flexibility index (Phi) is 1.77. The molecule has 0 amide bonds. The molecule has 0 bridgehead atoms. The molecule has 0 unspecified atom stereocenters. The second-order valence-corrected chi connectivity index (χ2v) is 3.70. The van der Waals surface area contributed by atoms with Gasteiger partial charge in [0.25, 0.3) is 0 Å². The Morgan fingerprint density at radius 2 is 1.44 bits per heavy atom. The monoisotopic (exact) mass is 209 g/mol. The average Bonchev–Trinajstić information content (AvgIpc) is 2.36. The van der Waals surface area contributed by atoms with Crippen LogP contribution in [0.1, 0.15) is 0 Å². The Bertz CT molecular complexity index is 626. The third-order valence-electron chi connectivity index (χ3n) is 2.79. The van der Waals surface area contributed by atoms with Gasteiger partial charge in [-0.25, -0.2) is 0 Å². The minimum atomic E-state index is -0.102. The maximum atomic E-state index is 9.89. The van der Waals surface area contributed by atoms with Gasteiger partial charge >= 0.3 is 0 Å². The number of phenols is 2. The number of aromatic hydroxyl groups is 2. The summed E-state index contributed by atoms with van der Waals surface area (Å²) < 4.78 is 0. The molecule has 3 rings (SSSR count). The van der Waals surface area contributed by atoms with Crippen LogP contribution in [-0.2, 0) is 0 Å². The van der Waals surface area contributed by atoms with Crippen LogP contribution >= 0.6 is 0 Å². The minimum Gasteiger partial charge on any atom is -0.504 e. The first-order valence-electron chi connectivity index (χ1n) is 5.02. The van der Waals surface area contributed by atoms with Crippen molar-refractivity contribution in [3.63, 3.8) is 0 Å². The van der Waals surface area contributed by atoms with Crippen molar-refractivity contribution in [3.8, 4) is 11.5 Å². The molecule has 1 radical (unpaired) electrons. The van der Waals surface area contributed by atoms with Gasteiger partial charge in [0.15, 0.2) is 11.5 Å². The highest BCUT2D eigenvalue weighted by Crippen LogP contribution is 2.41. The summed E-state index contributed by atoms with van der Waals surface area (Å²) in [6, 6.07) is 15.9. The minimum absolute atomic E-state index is 0.0782. The Hall–Kier alpha value is -2.22. The topological polar surface area (TPSA) is 40.5 Å². The molecule has 0 aliphatic heterocycles. The molecule has 2 nitrogen and oxygen atoms in total. The van der Waals surface area contributed by atoms with Crippen molar-refractivity contribution in [1.29, 1.82) is 0 Å². The zero-order valence-electron chi connectivity index (χ0n) is 8.44. The van der Waals surface area contributed by atoms with Crippen LogP contribution in [0.15, 0.2) is 42.5 Å². The van der Waals surface area contributed by atoms with Crippen LogP contribution < -0.4 is 0 Å². The van der Waals surface area contributed by atoms with Crippen LogP contribution in [0.5, 0.6) is 11.5 Å². The molecular formula is C14H9O2. The maximum Gasteiger partial charge on any atom is 0.166 e. The van der Waals surface area contributed by atoms with Crippen LogP contribution in [0.2, 0.25) is 0 Å². The quantitative estimate of drug-likeness (QED) is 0.441. The van der Waals surface area contributed by atoms with Crippen molar-refractivity contribution < 1.29 is 10.2 Å². The van der Waals surface area contributed by atoms with Crippen molar-refractivity contribution in [2.24, 2.45) is 0 Å². The highest BCUT2D eigenvalue weighted by molar-refractivity contribution is 6.13. The lowest BCUT2D eigenvalue weighted by Crippen LogP contribution is -1.80. The van der Waals surface area contributed by atoms with Crippen LogP contribution in [0, 0.1) is 6.07 Å². The van der Waals surface area contributed by atoms with Crippen LogP contribution in [-0.4, -0.2) is 10.2 Å². The molecule has 2 heteroatoms. The maximum absolute atomic E-state index is 9.89. The molecular weight excluding hydrogens is 200 g/mol. The van der Waals surface area contributed by atoms with E-state index in [9.17, 15) is 10.2 Å². The Morgan fingerprint density at radius 1 is 0.750 bits per heavy atom. The molecule has 0 fully saturated rings. The van der Waals surface area contributed by atoms with Gasteiger partial charge in [-0.3, -0.25) is 0 Å². The standard InChI is InChI=1S/C14H9O2/c15-13-11-7-3-1-5-9(11)10-6-2-4-8-12(10)14(13)16/h1-7,15-16H. The smallest absolute Gasteiger partial charge is 0.166 e. The first kappa shape index (κ1) is 9.04. The van der Waals surface area contributed by atoms with Crippen molar-refractivity contribution in [2.45, 2.75) is 0 Å². The molecule has 0 spiro atoms. The van der Waals surface area contributed by atoms with Crippen LogP contribution in [0.25, 0.3) is 21.5 Å². The largest absolute Gasteiger partial charge is 0.504 e. The van der Waals surface area contributed by atoms with Gasteiger partial charge in [-0.15, -0.1) is 0 Å². The number of phenolic OH excluding ortho intramolecular Hbond substituents is 2. The van der Waals surface area contributed by atoms with Gasteiger partial charge in [-0.05, 0) is 16.8 Å². The fourth-order valence-electron chi connectivity index (χ4n) is 2.03. The third kappa shape index (κ3) is 1.07. The lowest BCUT2D eigenvalue weighted by molar-refractivity contribution is 0.412. The van der Waals surface area contributed by atoms with Gasteiger partial charge < -0.3 is 10.2 Å². The van der Waals surface area contributed by atoms with Crippen LogP contribution in [0.3, 0.4) is 0 Å². The summed E-state index contributed by atoms with van der Waals surface area (Å²) in [5.74, 6) is -0.181. The normalized spacial score (nSPS) is 11.0. The molecule has 0 atom stereocenters. The van der Waals surface area contributed by atoms with E-state index in [2.05, 4.69) is 6.07 Å². The van der Waals surface area contributed by atoms with Gasteiger partial charge in [0.1, 0.15) is 0 Å². The molecule has 0 aromatic heterocycles. The number of hydrogen-bond donors (Lipinski definition) is 2. The number of benzene rings is 3. The van der Waals surface area contributed by atoms with Crippen molar-refractivity contribution >= 4 is 21.5 Å². The van der Waals surface area contributed by atoms with E-state index in [0.717, 1.165) is 10.8 Å². The zero-order valence-corrected chi connectivity index (χ0v) is 8.44. The third-order valence-corrected chi connectivity index (χ3v) is 2.79. The first-order chi connectivity index (χ1) is 7.79. The zero-order chi connectivity index (χ0) is 11.1. The fourth-order valence-corrected chi connectivity index (χ4v) is 2.03. The number of fused-ring (bicyclic) bond motifs is 3. The van der Waals surface area contributed by atoms with Gasteiger partial charge in [0, 0.05) is 10.8 Å². The summed E-state index contributed by atoms with van der Waals surface area (Å²) in [6.07, 6.45) is 0. The molecule has 3 aromatic carbocycles. The molecule has 0 aliphatic rings. The summed E-state index contributed by atoms with van der Waals surface area (Å²) in [6.45, 7) is 0. The van der Waals surface area contributed by atoms with Crippen molar-refractivity contribution in [1.82, 2.24) is 0 Å². The van der Waals surface area contributed by atoms with E-state index < -0.39 is 0 Å². The van der Waals surface area contributed by atoms with Crippen molar-refractivity contribution in [3.05, 3.63) is 48.5 Å². The van der Waals surface area contributed by atoms with E-state index in [1.165, 1.54) is 0 Å². The summed E-state index contributed by atoms with van der Waals surface area (Å²) >= 11 is 0. The van der Waals surface area contributed by atoms with E-state index >= 15 is 0 Å². The van der Waals surface area contributed by atoms with Gasteiger partial charge in [0.05, 0.1) is 0 Å². The highest BCUT2D eigenvalue weighted by atomic mass is 16.3. The van der Waals surface area contributed by atoms with Crippen LogP contribution in [0.4, 0.5) is 0 Å². The Balaban J connectivity index is 2.69. The highest BCUT2D eigenvalue weighted by Gasteiger charge is 2.11. The Labute approximate surface area is 92.4 Å². The van der Waals surface area contributed by atoms with E-state index in [1.807, 2.05) is 30.3 Å². The molecule has 0 saturated carbocycles. The van der Waals surface area contributed by atoms with Gasteiger partial charge in [0.2, 0.25) is 0 Å². The lowest BCUT2D eigenvalue weighted by Gasteiger charge is -2.08. The predicted octanol–water partition coefficient (Wildman–Crippen LogP) is 3.20.